The molecular weight excluding hydrogens is 416 g/mol. The molecule has 8 nitrogen and oxygen atoms in total. The lowest BCUT2D eigenvalue weighted by Crippen LogP contribution is -2.11. The van der Waals surface area contributed by atoms with Crippen LogP contribution in [0.2, 0.25) is 0 Å². The van der Waals surface area contributed by atoms with Crippen molar-refractivity contribution in [2.75, 3.05) is 5.32 Å². The average molecular weight is 434 g/mol. The normalized spacial score (nSPS) is 12.1. The topological polar surface area (TPSA) is 138 Å². The molecule has 0 bridgehead atoms. The summed E-state index contributed by atoms with van der Waals surface area (Å²) in [5.41, 5.74) is 2.71. The summed E-state index contributed by atoms with van der Waals surface area (Å²) in [5.74, 6) is -0.482. The third kappa shape index (κ3) is 4.47. The number of hydrogen-bond donors (Lipinski definition) is 4. The van der Waals surface area contributed by atoms with Gasteiger partial charge in [-0.15, -0.1) is 0 Å². The van der Waals surface area contributed by atoms with Gasteiger partial charge in [0, 0.05) is 22.8 Å². The van der Waals surface area contributed by atoms with Gasteiger partial charge in [-0.2, -0.15) is 0 Å². The van der Waals surface area contributed by atoms with Crippen molar-refractivity contribution in [1.82, 2.24) is 9.97 Å². The number of primary sulfonamides is 1. The molecule has 0 saturated heterocycles. The van der Waals surface area contributed by atoms with Gasteiger partial charge >= 0.3 is 5.97 Å². The molecule has 0 atom stereocenters. The molecule has 0 fully saturated rings. The minimum absolute atomic E-state index is 0.0231. The number of aromatic nitrogens is 2. The van der Waals surface area contributed by atoms with Gasteiger partial charge in [0.1, 0.15) is 11.5 Å². The first kappa shape index (κ1) is 20.3. The number of pyridine rings is 1. The highest BCUT2D eigenvalue weighted by Gasteiger charge is 2.13. The second-order valence-electron chi connectivity index (χ2n) is 6.76. The first-order valence-corrected chi connectivity index (χ1v) is 10.7. The zero-order chi connectivity index (χ0) is 22.0. The maximum atomic E-state index is 11.8. The molecule has 0 saturated carbocycles. The van der Waals surface area contributed by atoms with Gasteiger partial charge in [0.05, 0.1) is 10.5 Å². The van der Waals surface area contributed by atoms with Crippen LogP contribution in [0.4, 0.5) is 11.5 Å². The SMILES string of the molecule is NS(=O)(=O)c1ccc(Nc2ccc3c(C=C(C(=O)O)c4ccccc4)c[nH]c3n2)cc1. The number of carboxylic acid groups (broad SMARTS) is 1. The van der Waals surface area contributed by atoms with E-state index in [0.29, 0.717) is 28.3 Å². The van der Waals surface area contributed by atoms with Gasteiger partial charge in [-0.3, -0.25) is 0 Å². The summed E-state index contributed by atoms with van der Waals surface area (Å²) in [4.78, 5) is 19.3. The number of hydrogen-bond acceptors (Lipinski definition) is 5. The molecule has 156 valence electrons. The maximum absolute atomic E-state index is 11.8. The lowest BCUT2D eigenvalue weighted by molar-refractivity contribution is -0.130. The van der Waals surface area contributed by atoms with E-state index in [2.05, 4.69) is 15.3 Å². The molecular formula is C22H18N4O4S. The van der Waals surface area contributed by atoms with Crippen LogP contribution in [0, 0.1) is 0 Å². The molecule has 2 aromatic heterocycles. The summed E-state index contributed by atoms with van der Waals surface area (Å²) in [5, 5.41) is 18.6. The molecule has 0 spiro atoms. The van der Waals surface area contributed by atoms with Crippen molar-refractivity contribution in [3.05, 3.63) is 84.1 Å². The van der Waals surface area contributed by atoms with E-state index in [9.17, 15) is 18.3 Å². The van der Waals surface area contributed by atoms with Crippen LogP contribution < -0.4 is 10.5 Å². The molecule has 2 aromatic carbocycles. The number of rotatable bonds is 6. The molecule has 2 heterocycles. The number of nitrogens with two attached hydrogens (primary N) is 1. The lowest BCUT2D eigenvalue weighted by Gasteiger charge is -2.07. The van der Waals surface area contributed by atoms with Crippen LogP contribution in [-0.2, 0) is 14.8 Å². The number of aliphatic carboxylic acids is 1. The van der Waals surface area contributed by atoms with Crippen molar-refractivity contribution in [3.8, 4) is 0 Å². The van der Waals surface area contributed by atoms with Crippen molar-refractivity contribution in [2.45, 2.75) is 4.90 Å². The summed E-state index contributed by atoms with van der Waals surface area (Å²) in [6.45, 7) is 0. The Hall–Kier alpha value is -3.95. The van der Waals surface area contributed by atoms with Gasteiger partial charge in [0.25, 0.3) is 0 Å². The zero-order valence-electron chi connectivity index (χ0n) is 16.1. The van der Waals surface area contributed by atoms with Crippen LogP contribution in [0.3, 0.4) is 0 Å². The van der Waals surface area contributed by atoms with E-state index in [1.54, 1.807) is 54.7 Å². The molecule has 9 heteroatoms. The smallest absolute Gasteiger partial charge is 0.336 e. The molecule has 0 aliphatic heterocycles. The first-order valence-electron chi connectivity index (χ1n) is 9.20. The summed E-state index contributed by atoms with van der Waals surface area (Å²) in [7, 11) is -3.75. The lowest BCUT2D eigenvalue weighted by atomic mass is 10.0. The molecule has 5 N–H and O–H groups in total. The van der Waals surface area contributed by atoms with Gasteiger partial charge in [0.15, 0.2) is 0 Å². The first-order chi connectivity index (χ1) is 14.8. The second-order valence-corrected chi connectivity index (χ2v) is 8.32. The van der Waals surface area contributed by atoms with E-state index >= 15 is 0 Å². The Morgan fingerprint density at radius 3 is 2.39 bits per heavy atom. The molecule has 31 heavy (non-hydrogen) atoms. The number of sulfonamides is 1. The molecule has 0 radical (unpaired) electrons. The van der Waals surface area contributed by atoms with Crippen molar-refractivity contribution in [2.24, 2.45) is 5.14 Å². The van der Waals surface area contributed by atoms with Gasteiger partial charge in [-0.25, -0.2) is 23.3 Å². The van der Waals surface area contributed by atoms with Crippen LogP contribution in [-0.4, -0.2) is 29.5 Å². The number of carboxylic acids is 1. The monoisotopic (exact) mass is 434 g/mol. The minimum Gasteiger partial charge on any atom is -0.478 e. The fourth-order valence-electron chi connectivity index (χ4n) is 3.13. The average Bonchev–Trinajstić information content (AvgIpc) is 3.14. The highest BCUT2D eigenvalue weighted by Crippen LogP contribution is 2.26. The van der Waals surface area contributed by atoms with Crippen molar-refractivity contribution >= 4 is 50.2 Å². The third-order valence-corrected chi connectivity index (χ3v) is 5.57. The Labute approximate surface area is 178 Å². The Morgan fingerprint density at radius 2 is 1.74 bits per heavy atom. The van der Waals surface area contributed by atoms with Crippen LogP contribution in [0.15, 0.2) is 77.8 Å². The standard InChI is InChI=1S/C22H18N4O4S/c23-31(29,30)17-8-6-16(7-9-17)25-20-11-10-18-15(13-24-21(18)26-20)12-19(22(27)28)14-4-2-1-3-5-14/h1-13H,(H,27,28)(H2,23,29,30)(H2,24,25,26). The maximum Gasteiger partial charge on any atom is 0.336 e. The predicted molar refractivity (Wildman–Crippen MR) is 119 cm³/mol. The van der Waals surface area contributed by atoms with E-state index in [0.717, 1.165) is 5.39 Å². The van der Waals surface area contributed by atoms with Crippen molar-refractivity contribution in [3.63, 3.8) is 0 Å². The number of H-pyrrole nitrogens is 1. The largest absolute Gasteiger partial charge is 0.478 e. The van der Waals surface area contributed by atoms with Gasteiger partial charge in [-0.05, 0) is 48.0 Å². The molecule has 4 aromatic rings. The number of nitrogens with one attached hydrogen (secondary N) is 2. The van der Waals surface area contributed by atoms with E-state index in [-0.39, 0.29) is 10.5 Å². The van der Waals surface area contributed by atoms with Crippen LogP contribution in [0.1, 0.15) is 11.1 Å². The number of benzene rings is 2. The highest BCUT2D eigenvalue weighted by molar-refractivity contribution is 7.89. The molecule has 0 unspecified atom stereocenters. The van der Waals surface area contributed by atoms with Crippen LogP contribution in [0.5, 0.6) is 0 Å². The van der Waals surface area contributed by atoms with Crippen molar-refractivity contribution < 1.29 is 18.3 Å². The number of aromatic amines is 1. The Kier molecular flexibility index (Phi) is 5.28. The number of carbonyl (C=O) groups is 1. The van der Waals surface area contributed by atoms with E-state index in [1.807, 2.05) is 12.1 Å². The van der Waals surface area contributed by atoms with Crippen LogP contribution >= 0.6 is 0 Å². The highest BCUT2D eigenvalue weighted by atomic mass is 32.2. The molecule has 0 aliphatic rings. The Bertz CT molecular complexity index is 1390. The Morgan fingerprint density at radius 1 is 1.03 bits per heavy atom. The summed E-state index contributed by atoms with van der Waals surface area (Å²) >= 11 is 0. The minimum atomic E-state index is -3.75. The zero-order valence-corrected chi connectivity index (χ0v) is 16.9. The number of anilines is 2. The molecule has 4 rings (SSSR count). The summed E-state index contributed by atoms with van der Waals surface area (Å²) < 4.78 is 22.7. The van der Waals surface area contributed by atoms with Gasteiger partial charge < -0.3 is 15.4 Å². The van der Waals surface area contributed by atoms with Crippen molar-refractivity contribution in [1.29, 1.82) is 0 Å². The predicted octanol–water partition coefficient (Wildman–Crippen LogP) is 3.58. The van der Waals surface area contributed by atoms with E-state index in [4.69, 9.17) is 5.14 Å². The fraction of sp³-hybridized carbons (Fsp3) is 0. The number of fused-ring (bicyclic) bond motifs is 1. The van der Waals surface area contributed by atoms with Gasteiger partial charge in [-0.1, -0.05) is 30.3 Å². The molecule has 0 aliphatic carbocycles. The third-order valence-electron chi connectivity index (χ3n) is 4.64. The fourth-order valence-corrected chi connectivity index (χ4v) is 3.65. The van der Waals surface area contributed by atoms with Gasteiger partial charge in [0.2, 0.25) is 10.0 Å². The Balaban J connectivity index is 1.63. The summed E-state index contributed by atoms with van der Waals surface area (Å²) in [6, 6.07) is 18.5. The van der Waals surface area contributed by atoms with Crippen LogP contribution in [0.25, 0.3) is 22.7 Å². The van der Waals surface area contributed by atoms with E-state index in [1.165, 1.54) is 12.1 Å². The molecule has 0 amide bonds. The number of nitrogens with zero attached hydrogens (tertiary/aromatic N) is 1. The quantitative estimate of drug-likeness (QED) is 0.342. The van der Waals surface area contributed by atoms with E-state index < -0.39 is 16.0 Å². The summed E-state index contributed by atoms with van der Waals surface area (Å²) in [6.07, 6.45) is 3.31. The second kappa shape index (κ2) is 8.05.